The zero-order chi connectivity index (χ0) is 33.8. The van der Waals surface area contributed by atoms with Gasteiger partial charge in [0.15, 0.2) is 0 Å². The van der Waals surface area contributed by atoms with E-state index in [1.807, 2.05) is 32.6 Å². The number of fused-ring (bicyclic) bond motifs is 1. The molecule has 0 saturated carbocycles. The second kappa shape index (κ2) is 12.9. The molecule has 1 saturated heterocycles. The number of nitrogen functional groups attached to an aromatic ring is 1. The highest BCUT2D eigenvalue weighted by Gasteiger charge is 2.33. The Morgan fingerprint density at radius 1 is 1.13 bits per heavy atom. The lowest BCUT2D eigenvalue weighted by Gasteiger charge is -2.41. The van der Waals surface area contributed by atoms with Gasteiger partial charge in [0, 0.05) is 42.8 Å². The fraction of sp³-hybridized carbons (Fsp3) is 0.281. The lowest BCUT2D eigenvalue weighted by atomic mass is 10.0. The van der Waals surface area contributed by atoms with E-state index in [4.69, 9.17) is 68.7 Å². The molecule has 1 aromatic carbocycles. The molecule has 1 aliphatic rings. The molecule has 1 fully saturated rings. The van der Waals surface area contributed by atoms with E-state index in [9.17, 15) is 14.9 Å². The highest BCUT2D eigenvalue weighted by atomic mass is 35.5. The van der Waals surface area contributed by atoms with Crippen molar-refractivity contribution in [1.29, 1.82) is 5.26 Å². The number of piperazine rings is 1. The number of rotatable bonds is 5. The summed E-state index contributed by atoms with van der Waals surface area (Å²) >= 11 is 32.7. The van der Waals surface area contributed by atoms with Crippen LogP contribution in [0.2, 0.25) is 25.1 Å². The van der Waals surface area contributed by atoms with Crippen LogP contribution in [0, 0.1) is 18.3 Å². The summed E-state index contributed by atoms with van der Waals surface area (Å²) < 4.78 is 1.39. The van der Waals surface area contributed by atoms with Gasteiger partial charge in [-0.3, -0.25) is 19.1 Å². The number of anilines is 2. The smallest absolute Gasteiger partial charge is 0.276 e. The number of aromatic nitrogens is 3. The van der Waals surface area contributed by atoms with E-state index < -0.39 is 5.56 Å². The number of nitriles is 1. The Hall–Kier alpha value is -3.52. The SMILES string of the molecule is C=CC(=O)N1CCN(c2c(C#N)c(=O)n(-c3c(C)ccnc3C(C)C)c3nc(-c4c(N)c(Cl)c(Cl)c(Cl)c4Cl)c(Cl)cc23)C[C@H]1C. The third kappa shape index (κ3) is 5.46. The van der Waals surface area contributed by atoms with E-state index in [0.29, 0.717) is 42.1 Å². The van der Waals surface area contributed by atoms with Gasteiger partial charge in [0.1, 0.15) is 17.3 Å². The average Bonchev–Trinajstić information content (AvgIpc) is 3.02. The fourth-order valence-corrected chi connectivity index (χ4v) is 7.05. The first kappa shape index (κ1) is 33.8. The van der Waals surface area contributed by atoms with Crippen molar-refractivity contribution in [2.24, 2.45) is 0 Å². The van der Waals surface area contributed by atoms with E-state index in [1.54, 1.807) is 23.2 Å². The van der Waals surface area contributed by atoms with Crippen LogP contribution in [-0.2, 0) is 4.79 Å². The summed E-state index contributed by atoms with van der Waals surface area (Å²) in [6.45, 7) is 12.3. The number of pyridine rings is 3. The lowest BCUT2D eigenvalue weighted by Crippen LogP contribution is -2.54. The summed E-state index contributed by atoms with van der Waals surface area (Å²) in [7, 11) is 0. The molecule has 0 aliphatic carbocycles. The standard InChI is InChI=1S/C32H28Cl5N7O2/c1-6-20(45)43-10-9-42(13-16(43)5)30-17-11-19(33)28(21-22(34)23(35)24(36)25(37)26(21)39)41-31(17)44(32(46)18(30)12-38)29-15(4)7-8-40-27(29)14(2)3/h6-8,11,14,16H,1,9-10,13,39H2,2-5H3/t16-/m1/s1. The highest BCUT2D eigenvalue weighted by molar-refractivity contribution is 6.54. The molecule has 1 atom stereocenters. The molecule has 238 valence electrons. The maximum atomic E-state index is 14.5. The monoisotopic (exact) mass is 717 g/mol. The molecule has 5 rings (SSSR count). The number of hydrogen-bond acceptors (Lipinski definition) is 7. The summed E-state index contributed by atoms with van der Waals surface area (Å²) in [5.74, 6) is -0.297. The van der Waals surface area contributed by atoms with Gasteiger partial charge < -0.3 is 15.5 Å². The van der Waals surface area contributed by atoms with Gasteiger partial charge in [-0.25, -0.2) is 4.98 Å². The molecule has 2 N–H and O–H groups in total. The van der Waals surface area contributed by atoms with Gasteiger partial charge in [-0.15, -0.1) is 0 Å². The fourth-order valence-electron chi connectivity index (χ4n) is 5.85. The summed E-state index contributed by atoms with van der Waals surface area (Å²) in [4.78, 5) is 40.1. The van der Waals surface area contributed by atoms with Crippen LogP contribution in [0.4, 0.5) is 11.4 Å². The minimum absolute atomic E-state index is 0.00478. The van der Waals surface area contributed by atoms with Gasteiger partial charge >= 0.3 is 0 Å². The lowest BCUT2D eigenvalue weighted by molar-refractivity contribution is -0.128. The van der Waals surface area contributed by atoms with E-state index in [1.165, 1.54) is 10.6 Å². The molecule has 0 unspecified atom stereocenters. The van der Waals surface area contributed by atoms with Gasteiger partial charge in [0.2, 0.25) is 5.91 Å². The maximum Gasteiger partial charge on any atom is 0.276 e. The van der Waals surface area contributed by atoms with Crippen molar-refractivity contribution in [2.45, 2.75) is 39.7 Å². The number of benzene rings is 1. The number of carbonyl (C=O) groups is 1. The molecule has 0 radical (unpaired) electrons. The van der Waals surface area contributed by atoms with Crippen LogP contribution in [0.5, 0.6) is 0 Å². The molecule has 9 nitrogen and oxygen atoms in total. The zero-order valence-corrected chi connectivity index (χ0v) is 29.0. The minimum Gasteiger partial charge on any atom is -0.397 e. The molecule has 14 heteroatoms. The molecule has 1 amide bonds. The van der Waals surface area contributed by atoms with Crippen molar-refractivity contribution in [2.75, 3.05) is 30.3 Å². The van der Waals surface area contributed by atoms with Gasteiger partial charge in [-0.2, -0.15) is 5.26 Å². The Balaban J connectivity index is 1.94. The Morgan fingerprint density at radius 2 is 1.80 bits per heavy atom. The largest absolute Gasteiger partial charge is 0.397 e. The number of aryl methyl sites for hydroxylation is 1. The van der Waals surface area contributed by atoms with Crippen LogP contribution in [0.25, 0.3) is 28.0 Å². The number of nitrogens with zero attached hydrogens (tertiary/aromatic N) is 6. The van der Waals surface area contributed by atoms with Gasteiger partial charge in [-0.05, 0) is 43.5 Å². The number of hydrogen-bond donors (Lipinski definition) is 1. The minimum atomic E-state index is -0.604. The van der Waals surface area contributed by atoms with Gasteiger partial charge in [-0.1, -0.05) is 78.4 Å². The first-order valence-corrected chi connectivity index (χ1v) is 16.1. The van der Waals surface area contributed by atoms with Gasteiger partial charge in [0.25, 0.3) is 5.56 Å². The van der Waals surface area contributed by atoms with Crippen molar-refractivity contribution in [3.05, 3.63) is 83.3 Å². The third-order valence-corrected chi connectivity index (χ3v) is 10.2. The molecule has 4 heterocycles. The Bertz CT molecular complexity index is 2030. The van der Waals surface area contributed by atoms with Gasteiger partial charge in [0.05, 0.1) is 53.6 Å². The summed E-state index contributed by atoms with van der Waals surface area (Å²) in [5, 5.41) is 10.9. The molecule has 1 aliphatic heterocycles. The number of halogens is 5. The van der Waals surface area contributed by atoms with Crippen LogP contribution >= 0.6 is 58.0 Å². The predicted molar refractivity (Wildman–Crippen MR) is 187 cm³/mol. The molecular weight excluding hydrogens is 692 g/mol. The van der Waals surface area contributed by atoms with Crippen LogP contribution in [0.15, 0.2) is 35.8 Å². The molecule has 3 aromatic heterocycles. The first-order chi connectivity index (χ1) is 21.7. The second-order valence-electron chi connectivity index (χ2n) is 11.3. The normalized spacial score (nSPS) is 15.0. The number of nitrogens with two attached hydrogens (primary N) is 1. The first-order valence-electron chi connectivity index (χ1n) is 14.2. The van der Waals surface area contributed by atoms with Crippen LogP contribution in [-0.4, -0.2) is 51.0 Å². The van der Waals surface area contributed by atoms with Crippen molar-refractivity contribution >= 4 is 86.3 Å². The summed E-state index contributed by atoms with van der Waals surface area (Å²) in [5.41, 5.74) is 8.27. The highest BCUT2D eigenvalue weighted by Crippen LogP contribution is 2.49. The number of carbonyl (C=O) groups excluding carboxylic acids is 1. The van der Waals surface area contributed by atoms with E-state index in [-0.39, 0.29) is 71.1 Å². The Morgan fingerprint density at radius 3 is 2.41 bits per heavy atom. The Kier molecular flexibility index (Phi) is 9.52. The number of amides is 1. The average molecular weight is 720 g/mol. The predicted octanol–water partition coefficient (Wildman–Crippen LogP) is 7.82. The quantitative estimate of drug-likeness (QED) is 0.0966. The summed E-state index contributed by atoms with van der Waals surface area (Å²) in [6, 6.07) is 5.28. The molecule has 46 heavy (non-hydrogen) atoms. The molecule has 0 bridgehead atoms. The van der Waals surface area contributed by atoms with Crippen LogP contribution in [0.3, 0.4) is 0 Å². The second-order valence-corrected chi connectivity index (χ2v) is 13.2. The molecular formula is C32H28Cl5N7O2. The van der Waals surface area contributed by atoms with E-state index in [0.717, 1.165) is 5.56 Å². The Labute approximate surface area is 290 Å². The van der Waals surface area contributed by atoms with Crippen molar-refractivity contribution < 1.29 is 4.79 Å². The topological polar surface area (TPSA) is 121 Å². The molecule has 0 spiro atoms. The maximum absolute atomic E-state index is 14.5. The molecule has 4 aromatic rings. The summed E-state index contributed by atoms with van der Waals surface area (Å²) in [6.07, 6.45) is 2.93. The van der Waals surface area contributed by atoms with E-state index >= 15 is 0 Å². The van der Waals surface area contributed by atoms with Crippen molar-refractivity contribution in [3.63, 3.8) is 0 Å². The van der Waals surface area contributed by atoms with Crippen molar-refractivity contribution in [1.82, 2.24) is 19.4 Å². The van der Waals surface area contributed by atoms with Crippen LogP contribution < -0.4 is 16.2 Å². The van der Waals surface area contributed by atoms with Crippen molar-refractivity contribution in [3.8, 4) is 23.0 Å². The third-order valence-electron chi connectivity index (χ3n) is 8.05. The zero-order valence-electron chi connectivity index (χ0n) is 25.3. The van der Waals surface area contributed by atoms with E-state index in [2.05, 4.69) is 17.6 Å². The van der Waals surface area contributed by atoms with Crippen LogP contribution in [0.1, 0.15) is 43.5 Å².